The molecular formula is C22H22ClN7O2S. The molecule has 9 nitrogen and oxygen atoms in total. The molecule has 0 spiro atoms. The van der Waals surface area contributed by atoms with E-state index in [-0.39, 0.29) is 5.91 Å². The molecule has 3 N–H and O–H groups in total. The molecule has 2 aromatic carbocycles. The second-order valence-electron chi connectivity index (χ2n) is 7.24. The summed E-state index contributed by atoms with van der Waals surface area (Å²) in [7, 11) is 1.53. The van der Waals surface area contributed by atoms with Crippen LogP contribution in [0.2, 0.25) is 5.02 Å². The fourth-order valence-electron chi connectivity index (χ4n) is 3.28. The van der Waals surface area contributed by atoms with Gasteiger partial charge in [-0.2, -0.15) is 5.10 Å². The average molecular weight is 484 g/mol. The highest BCUT2D eigenvalue weighted by molar-refractivity contribution is 8.00. The van der Waals surface area contributed by atoms with Crippen molar-refractivity contribution in [2.75, 3.05) is 18.3 Å². The van der Waals surface area contributed by atoms with Gasteiger partial charge in [0.1, 0.15) is 11.0 Å². The molecule has 0 aliphatic carbocycles. The monoisotopic (exact) mass is 483 g/mol. The molecule has 4 aromatic rings. The van der Waals surface area contributed by atoms with Gasteiger partial charge in [0.05, 0.1) is 17.8 Å². The number of carbonyl (C=O) groups is 1. The highest BCUT2D eigenvalue weighted by Gasteiger charge is 2.26. The van der Waals surface area contributed by atoms with Gasteiger partial charge in [-0.3, -0.25) is 4.79 Å². The minimum absolute atomic E-state index is 0.261. The summed E-state index contributed by atoms with van der Waals surface area (Å²) in [5.74, 6) is 6.91. The zero-order chi connectivity index (χ0) is 23.5. The van der Waals surface area contributed by atoms with Gasteiger partial charge < -0.3 is 15.9 Å². The first-order valence-corrected chi connectivity index (χ1v) is 11.2. The summed E-state index contributed by atoms with van der Waals surface area (Å²) in [6.45, 7) is 3.79. The largest absolute Gasteiger partial charge is 0.495 e. The number of hydrogen-bond acceptors (Lipinski definition) is 7. The number of nitrogen functional groups attached to an aromatic ring is 1. The van der Waals surface area contributed by atoms with Crippen molar-refractivity contribution in [3.8, 4) is 11.7 Å². The lowest BCUT2D eigenvalue weighted by Gasteiger charge is -2.17. The molecule has 170 valence electrons. The Kier molecular flexibility index (Phi) is 6.57. The minimum atomic E-state index is -0.646. The van der Waals surface area contributed by atoms with Crippen molar-refractivity contribution >= 4 is 35.0 Å². The first-order valence-electron chi connectivity index (χ1n) is 9.97. The van der Waals surface area contributed by atoms with Gasteiger partial charge in [0.15, 0.2) is 0 Å². The van der Waals surface area contributed by atoms with Crippen LogP contribution in [0.3, 0.4) is 0 Å². The smallest absolute Gasteiger partial charge is 0.271 e. The highest BCUT2D eigenvalue weighted by atomic mass is 35.5. The number of carbonyl (C=O) groups excluding carboxylic acids is 1. The van der Waals surface area contributed by atoms with Gasteiger partial charge in [-0.15, -0.1) is 10.2 Å². The van der Waals surface area contributed by atoms with Gasteiger partial charge in [-0.1, -0.05) is 53.7 Å². The number of halogens is 1. The van der Waals surface area contributed by atoms with E-state index in [4.69, 9.17) is 22.2 Å². The standard InChI is InChI=1S/C22H22ClN7O2S/c1-13-11-14(2)30(28-13)21-26-27-22(29(21)24)33-19(15-7-5-4-6-8-15)20(31)25-16-9-10-18(32-3)17(23)12-16/h4-12,19H,24H2,1-3H3,(H,25,31). The Morgan fingerprint density at radius 3 is 2.55 bits per heavy atom. The van der Waals surface area contributed by atoms with Crippen LogP contribution in [0.15, 0.2) is 59.8 Å². The molecule has 0 aliphatic heterocycles. The van der Waals surface area contributed by atoms with E-state index in [2.05, 4.69) is 20.6 Å². The molecule has 0 saturated carbocycles. The predicted octanol–water partition coefficient (Wildman–Crippen LogP) is 3.93. The molecule has 0 fully saturated rings. The second kappa shape index (κ2) is 9.55. The van der Waals surface area contributed by atoms with Crippen LogP contribution < -0.4 is 15.9 Å². The third-order valence-corrected chi connectivity index (χ3v) is 6.34. The number of ether oxygens (including phenoxy) is 1. The van der Waals surface area contributed by atoms with Crippen LogP contribution >= 0.6 is 23.4 Å². The first kappa shape index (κ1) is 22.7. The molecular weight excluding hydrogens is 462 g/mol. The fourth-order valence-corrected chi connectivity index (χ4v) is 4.49. The third-order valence-electron chi connectivity index (χ3n) is 4.83. The minimum Gasteiger partial charge on any atom is -0.495 e. The van der Waals surface area contributed by atoms with Crippen LogP contribution in [0.1, 0.15) is 22.2 Å². The molecule has 11 heteroatoms. The molecule has 0 radical (unpaired) electrons. The van der Waals surface area contributed by atoms with Crippen LogP contribution in [-0.2, 0) is 4.79 Å². The molecule has 0 aliphatic rings. The Balaban J connectivity index is 1.63. The Bertz CT molecular complexity index is 1290. The lowest BCUT2D eigenvalue weighted by molar-refractivity contribution is -0.115. The van der Waals surface area contributed by atoms with E-state index in [0.29, 0.717) is 27.6 Å². The number of methoxy groups -OCH3 is 1. The van der Waals surface area contributed by atoms with E-state index in [1.54, 1.807) is 22.9 Å². The van der Waals surface area contributed by atoms with Gasteiger partial charge in [0, 0.05) is 11.4 Å². The lowest BCUT2D eigenvalue weighted by atomic mass is 10.1. The van der Waals surface area contributed by atoms with Gasteiger partial charge in [0.2, 0.25) is 11.1 Å². The lowest BCUT2D eigenvalue weighted by Crippen LogP contribution is -2.21. The Morgan fingerprint density at radius 1 is 1.15 bits per heavy atom. The van der Waals surface area contributed by atoms with Crippen molar-refractivity contribution in [2.45, 2.75) is 24.3 Å². The van der Waals surface area contributed by atoms with Crippen LogP contribution in [0.25, 0.3) is 5.95 Å². The number of amides is 1. The van der Waals surface area contributed by atoms with Crippen molar-refractivity contribution in [3.63, 3.8) is 0 Å². The summed E-state index contributed by atoms with van der Waals surface area (Å²) < 4.78 is 8.12. The number of thioether (sulfide) groups is 1. The molecule has 2 aromatic heterocycles. The first-order chi connectivity index (χ1) is 15.9. The summed E-state index contributed by atoms with van der Waals surface area (Å²) in [6, 6.07) is 16.3. The van der Waals surface area contributed by atoms with Crippen molar-refractivity contribution in [2.24, 2.45) is 0 Å². The summed E-state index contributed by atoms with van der Waals surface area (Å²) in [4.78, 5) is 13.3. The Morgan fingerprint density at radius 2 is 1.91 bits per heavy atom. The number of nitrogens with two attached hydrogens (primary N) is 1. The summed E-state index contributed by atoms with van der Waals surface area (Å²) in [5.41, 5.74) is 3.04. The third kappa shape index (κ3) is 4.81. The Labute approximate surface area is 199 Å². The zero-order valence-corrected chi connectivity index (χ0v) is 19.8. The van der Waals surface area contributed by atoms with E-state index in [1.165, 1.54) is 23.5 Å². The maximum atomic E-state index is 13.3. The quantitative estimate of drug-likeness (QED) is 0.302. The van der Waals surface area contributed by atoms with E-state index in [0.717, 1.165) is 17.0 Å². The average Bonchev–Trinajstić information content (AvgIpc) is 3.32. The molecule has 2 heterocycles. The van der Waals surface area contributed by atoms with E-state index in [9.17, 15) is 4.79 Å². The number of aromatic nitrogens is 5. The Hall–Kier alpha value is -3.50. The van der Waals surface area contributed by atoms with Crippen LogP contribution in [0.4, 0.5) is 5.69 Å². The number of hydrogen-bond donors (Lipinski definition) is 2. The van der Waals surface area contributed by atoms with Crippen LogP contribution in [0, 0.1) is 13.8 Å². The van der Waals surface area contributed by atoms with Gasteiger partial charge in [0.25, 0.3) is 5.95 Å². The van der Waals surface area contributed by atoms with Gasteiger partial charge in [-0.25, -0.2) is 9.36 Å². The van der Waals surface area contributed by atoms with Crippen molar-refractivity contribution in [1.29, 1.82) is 0 Å². The fraction of sp³-hybridized carbons (Fsp3) is 0.182. The molecule has 0 bridgehead atoms. The number of anilines is 1. The summed E-state index contributed by atoms with van der Waals surface area (Å²) in [6.07, 6.45) is 0. The van der Waals surface area contributed by atoms with Crippen molar-refractivity contribution in [1.82, 2.24) is 24.7 Å². The molecule has 0 saturated heterocycles. The number of nitrogens with zero attached hydrogens (tertiary/aromatic N) is 5. The number of benzene rings is 2. The van der Waals surface area contributed by atoms with Crippen LogP contribution in [0.5, 0.6) is 5.75 Å². The van der Waals surface area contributed by atoms with Crippen molar-refractivity contribution in [3.05, 3.63) is 76.6 Å². The normalized spacial score (nSPS) is 11.9. The SMILES string of the molecule is COc1ccc(NC(=O)C(Sc2nnc(-n3nc(C)cc3C)n2N)c2ccccc2)cc1Cl. The molecule has 1 unspecified atom stereocenters. The predicted molar refractivity (Wildman–Crippen MR) is 128 cm³/mol. The van der Waals surface area contributed by atoms with Gasteiger partial charge >= 0.3 is 0 Å². The molecule has 33 heavy (non-hydrogen) atoms. The van der Waals surface area contributed by atoms with E-state index < -0.39 is 5.25 Å². The number of rotatable bonds is 7. The maximum absolute atomic E-state index is 13.3. The topological polar surface area (TPSA) is 113 Å². The van der Waals surface area contributed by atoms with E-state index in [1.807, 2.05) is 50.2 Å². The second-order valence-corrected chi connectivity index (χ2v) is 8.72. The highest BCUT2D eigenvalue weighted by Crippen LogP contribution is 2.36. The van der Waals surface area contributed by atoms with Gasteiger partial charge in [-0.05, 0) is 43.7 Å². The van der Waals surface area contributed by atoms with Crippen molar-refractivity contribution < 1.29 is 9.53 Å². The van der Waals surface area contributed by atoms with Crippen LogP contribution in [-0.4, -0.2) is 37.7 Å². The number of nitrogens with one attached hydrogen (secondary N) is 1. The zero-order valence-electron chi connectivity index (χ0n) is 18.2. The molecule has 1 amide bonds. The maximum Gasteiger partial charge on any atom is 0.271 e. The summed E-state index contributed by atoms with van der Waals surface area (Å²) >= 11 is 7.40. The van der Waals surface area contributed by atoms with E-state index >= 15 is 0 Å². The number of aryl methyl sites for hydroxylation is 2. The molecule has 1 atom stereocenters. The molecule has 4 rings (SSSR count). The summed E-state index contributed by atoms with van der Waals surface area (Å²) in [5, 5.41) is 15.8.